The van der Waals surface area contributed by atoms with E-state index >= 15 is 0 Å². The molecular formula is C22H19N5O4S. The Morgan fingerprint density at radius 3 is 2.78 bits per heavy atom. The molecule has 9 nitrogen and oxygen atoms in total. The molecule has 0 saturated carbocycles. The van der Waals surface area contributed by atoms with Gasteiger partial charge in [0, 0.05) is 24.3 Å². The maximum Gasteiger partial charge on any atom is 0.269 e. The van der Waals surface area contributed by atoms with E-state index in [2.05, 4.69) is 15.4 Å². The standard InChI is InChI=1S/C22H19N5O4S/c1-3-31-17-5-4-6-18-21(17)24-22(32-18)26-19(13-14(2)25-26)23-20(28)12-9-15-7-10-16(11-8-15)27(29)30/h4-13H,3H2,1-2H3,(H,23,28)/b12-9+. The highest BCUT2D eigenvalue weighted by atomic mass is 32.1. The second kappa shape index (κ2) is 8.98. The number of carbonyl (C=O) groups excluding carboxylic acids is 1. The van der Waals surface area contributed by atoms with Crippen molar-refractivity contribution in [2.45, 2.75) is 13.8 Å². The number of aromatic nitrogens is 3. The van der Waals surface area contributed by atoms with Crippen molar-refractivity contribution in [1.82, 2.24) is 14.8 Å². The Morgan fingerprint density at radius 2 is 2.06 bits per heavy atom. The van der Waals surface area contributed by atoms with Crippen molar-refractivity contribution in [2.24, 2.45) is 0 Å². The number of anilines is 1. The fourth-order valence-electron chi connectivity index (χ4n) is 3.06. The van der Waals surface area contributed by atoms with E-state index in [1.807, 2.05) is 32.0 Å². The van der Waals surface area contributed by atoms with Gasteiger partial charge in [0.25, 0.3) is 5.69 Å². The van der Waals surface area contributed by atoms with Gasteiger partial charge in [-0.05, 0) is 49.8 Å². The monoisotopic (exact) mass is 449 g/mol. The third kappa shape index (κ3) is 4.49. The predicted octanol–water partition coefficient (Wildman–Crippen LogP) is 4.75. The Labute approximate surface area is 187 Å². The maximum atomic E-state index is 12.5. The number of aryl methyl sites for hydroxylation is 1. The minimum atomic E-state index is -0.469. The number of fused-ring (bicyclic) bond motifs is 1. The van der Waals surface area contributed by atoms with E-state index < -0.39 is 4.92 Å². The van der Waals surface area contributed by atoms with Gasteiger partial charge in [0.05, 0.1) is 21.9 Å². The molecule has 0 spiro atoms. The number of thiazole rings is 1. The highest BCUT2D eigenvalue weighted by Crippen LogP contribution is 2.32. The first kappa shape index (κ1) is 21.2. The normalized spacial score (nSPS) is 11.2. The zero-order valence-corrected chi connectivity index (χ0v) is 18.1. The van der Waals surface area contributed by atoms with Crippen LogP contribution >= 0.6 is 11.3 Å². The lowest BCUT2D eigenvalue weighted by Gasteiger charge is -2.04. The molecule has 0 unspecified atom stereocenters. The van der Waals surface area contributed by atoms with E-state index in [9.17, 15) is 14.9 Å². The molecule has 2 heterocycles. The summed E-state index contributed by atoms with van der Waals surface area (Å²) in [5.41, 5.74) is 2.14. The number of rotatable bonds is 7. The average molecular weight is 449 g/mol. The molecule has 1 amide bonds. The fraction of sp³-hybridized carbons (Fsp3) is 0.136. The highest BCUT2D eigenvalue weighted by molar-refractivity contribution is 7.20. The third-order valence-corrected chi connectivity index (χ3v) is 5.46. The zero-order valence-electron chi connectivity index (χ0n) is 17.3. The van der Waals surface area contributed by atoms with Crippen molar-refractivity contribution in [3.8, 4) is 10.9 Å². The van der Waals surface area contributed by atoms with Crippen LogP contribution in [0.5, 0.6) is 5.75 Å². The van der Waals surface area contributed by atoms with Crippen molar-refractivity contribution >= 4 is 45.0 Å². The number of hydrogen-bond donors (Lipinski definition) is 1. The number of nitro benzene ring substituents is 1. The Hall–Kier alpha value is -4.05. The summed E-state index contributed by atoms with van der Waals surface area (Å²) in [4.78, 5) is 27.4. The molecule has 0 fully saturated rings. The van der Waals surface area contributed by atoms with Gasteiger partial charge < -0.3 is 10.1 Å². The molecule has 4 aromatic rings. The molecule has 1 N–H and O–H groups in total. The molecule has 0 aliphatic heterocycles. The number of para-hydroxylation sites is 1. The summed E-state index contributed by atoms with van der Waals surface area (Å²) >= 11 is 1.44. The van der Waals surface area contributed by atoms with Crippen molar-refractivity contribution in [3.05, 3.63) is 76.0 Å². The fourth-order valence-corrected chi connectivity index (χ4v) is 4.00. The van der Waals surface area contributed by atoms with Gasteiger partial charge in [-0.3, -0.25) is 14.9 Å². The van der Waals surface area contributed by atoms with Crippen LogP contribution in [0.3, 0.4) is 0 Å². The third-order valence-electron chi connectivity index (χ3n) is 4.47. The molecule has 2 aromatic heterocycles. The van der Waals surface area contributed by atoms with Crippen molar-refractivity contribution in [1.29, 1.82) is 0 Å². The number of amides is 1. The number of nitrogens with zero attached hydrogens (tertiary/aromatic N) is 4. The molecule has 32 heavy (non-hydrogen) atoms. The van der Waals surface area contributed by atoms with Crippen LogP contribution in [0.4, 0.5) is 11.5 Å². The first-order chi connectivity index (χ1) is 15.4. The topological polar surface area (TPSA) is 112 Å². The Bertz CT molecular complexity index is 1320. The number of carbonyl (C=O) groups is 1. The minimum Gasteiger partial charge on any atom is -0.492 e. The van der Waals surface area contributed by atoms with Gasteiger partial charge in [-0.2, -0.15) is 9.78 Å². The Morgan fingerprint density at radius 1 is 1.28 bits per heavy atom. The Kier molecular flexibility index (Phi) is 5.95. The lowest BCUT2D eigenvalue weighted by atomic mass is 10.2. The molecule has 10 heteroatoms. The van der Waals surface area contributed by atoms with Gasteiger partial charge in [-0.15, -0.1) is 0 Å². The number of non-ortho nitro benzene ring substituents is 1. The lowest BCUT2D eigenvalue weighted by molar-refractivity contribution is -0.384. The quantitative estimate of drug-likeness (QED) is 0.248. The van der Waals surface area contributed by atoms with E-state index in [0.717, 1.165) is 15.9 Å². The second-order valence-corrected chi connectivity index (χ2v) is 7.80. The Balaban J connectivity index is 1.56. The van der Waals surface area contributed by atoms with Gasteiger partial charge in [0.1, 0.15) is 17.1 Å². The van der Waals surface area contributed by atoms with Crippen molar-refractivity contribution in [2.75, 3.05) is 11.9 Å². The summed E-state index contributed by atoms with van der Waals surface area (Å²) in [7, 11) is 0. The van der Waals surface area contributed by atoms with Gasteiger partial charge in [0.15, 0.2) is 0 Å². The number of benzene rings is 2. The van der Waals surface area contributed by atoms with Gasteiger partial charge in [-0.25, -0.2) is 4.98 Å². The van der Waals surface area contributed by atoms with Crippen LogP contribution in [0.25, 0.3) is 21.4 Å². The summed E-state index contributed by atoms with van der Waals surface area (Å²) in [6.07, 6.45) is 2.94. The average Bonchev–Trinajstić information content (AvgIpc) is 3.36. The highest BCUT2D eigenvalue weighted by Gasteiger charge is 2.15. The van der Waals surface area contributed by atoms with Crippen molar-refractivity contribution < 1.29 is 14.5 Å². The molecule has 0 saturated heterocycles. The van der Waals surface area contributed by atoms with Crippen LogP contribution in [0.15, 0.2) is 54.6 Å². The molecule has 0 radical (unpaired) electrons. The summed E-state index contributed by atoms with van der Waals surface area (Å²) in [5, 5.41) is 18.6. The van der Waals surface area contributed by atoms with Crippen LogP contribution in [0, 0.1) is 17.0 Å². The molecule has 4 rings (SSSR count). The van der Waals surface area contributed by atoms with Crippen LogP contribution in [0.2, 0.25) is 0 Å². The smallest absolute Gasteiger partial charge is 0.269 e. The van der Waals surface area contributed by atoms with Gasteiger partial charge >= 0.3 is 0 Å². The molecule has 162 valence electrons. The van der Waals surface area contributed by atoms with E-state index in [-0.39, 0.29) is 11.6 Å². The van der Waals surface area contributed by atoms with Crippen LogP contribution in [-0.2, 0) is 4.79 Å². The lowest BCUT2D eigenvalue weighted by Crippen LogP contribution is -2.12. The number of nitrogens with one attached hydrogen (secondary N) is 1. The second-order valence-electron chi connectivity index (χ2n) is 6.79. The molecule has 0 aliphatic carbocycles. The number of hydrogen-bond acceptors (Lipinski definition) is 7. The largest absolute Gasteiger partial charge is 0.492 e. The molecule has 2 aromatic carbocycles. The van der Waals surface area contributed by atoms with E-state index in [1.165, 1.54) is 29.5 Å². The molecule has 0 atom stereocenters. The minimum absolute atomic E-state index is 0.00527. The van der Waals surface area contributed by atoms with E-state index in [1.54, 1.807) is 29.0 Å². The van der Waals surface area contributed by atoms with Crippen molar-refractivity contribution in [3.63, 3.8) is 0 Å². The van der Waals surface area contributed by atoms with Gasteiger partial charge in [-0.1, -0.05) is 17.4 Å². The number of ether oxygens (including phenoxy) is 1. The molecule has 0 aliphatic rings. The summed E-state index contributed by atoms with van der Waals surface area (Å²) < 4.78 is 8.20. The first-order valence-electron chi connectivity index (χ1n) is 9.77. The summed E-state index contributed by atoms with van der Waals surface area (Å²) in [6, 6.07) is 13.4. The number of nitro groups is 1. The van der Waals surface area contributed by atoms with E-state index in [0.29, 0.717) is 28.9 Å². The first-order valence-corrected chi connectivity index (χ1v) is 10.6. The zero-order chi connectivity index (χ0) is 22.7. The van der Waals surface area contributed by atoms with Crippen LogP contribution in [-0.4, -0.2) is 32.2 Å². The maximum absolute atomic E-state index is 12.5. The van der Waals surface area contributed by atoms with Gasteiger partial charge in [0.2, 0.25) is 11.0 Å². The van der Waals surface area contributed by atoms with Crippen LogP contribution < -0.4 is 10.1 Å². The SMILES string of the molecule is CCOc1cccc2sc(-n3nc(C)cc3NC(=O)/C=C/c3ccc([N+](=O)[O-])cc3)nc12. The van der Waals surface area contributed by atoms with Crippen LogP contribution in [0.1, 0.15) is 18.2 Å². The molecular weight excluding hydrogens is 430 g/mol. The molecule has 0 bridgehead atoms. The summed E-state index contributed by atoms with van der Waals surface area (Å²) in [6.45, 7) is 4.29. The summed E-state index contributed by atoms with van der Waals surface area (Å²) in [5.74, 6) is 0.825. The predicted molar refractivity (Wildman–Crippen MR) is 123 cm³/mol. The van der Waals surface area contributed by atoms with E-state index in [4.69, 9.17) is 4.74 Å².